The highest BCUT2D eigenvalue weighted by atomic mass is 19.1. The van der Waals surface area contributed by atoms with Gasteiger partial charge >= 0.3 is 0 Å². The molecule has 1 aromatic rings. The first kappa shape index (κ1) is 12.6. The monoisotopic (exact) mass is 235 g/mol. The van der Waals surface area contributed by atoms with E-state index in [0.717, 1.165) is 12.8 Å². The average molecular weight is 235 g/mol. The van der Waals surface area contributed by atoms with Gasteiger partial charge in [-0.15, -0.1) is 0 Å². The molecule has 2 rings (SSSR count). The second-order valence-electron chi connectivity index (χ2n) is 5.16. The second-order valence-corrected chi connectivity index (χ2v) is 5.16. The van der Waals surface area contributed by atoms with Crippen LogP contribution in [0.2, 0.25) is 0 Å². The summed E-state index contributed by atoms with van der Waals surface area (Å²) in [5.74, 6) is 0.962. The van der Waals surface area contributed by atoms with Gasteiger partial charge in [-0.2, -0.15) is 0 Å². The normalized spacial score (nSPS) is 26.8. The quantitative estimate of drug-likeness (QED) is 0.840. The van der Waals surface area contributed by atoms with E-state index in [1.54, 1.807) is 6.07 Å². The molecule has 3 unspecified atom stereocenters. The molecular formula is C15H22FN. The second kappa shape index (κ2) is 5.63. The van der Waals surface area contributed by atoms with Gasteiger partial charge in [0.2, 0.25) is 0 Å². The molecule has 1 fully saturated rings. The van der Waals surface area contributed by atoms with Gasteiger partial charge in [-0.3, -0.25) is 0 Å². The lowest BCUT2D eigenvalue weighted by Gasteiger charge is -2.35. The van der Waals surface area contributed by atoms with Crippen LogP contribution in [0.1, 0.15) is 50.6 Å². The molecule has 94 valence electrons. The summed E-state index contributed by atoms with van der Waals surface area (Å²) in [7, 11) is 0. The lowest BCUT2D eigenvalue weighted by molar-refractivity contribution is 0.194. The van der Waals surface area contributed by atoms with E-state index in [1.807, 2.05) is 12.1 Å². The smallest absolute Gasteiger partial charge is 0.127 e. The molecule has 2 N–H and O–H groups in total. The Balaban J connectivity index is 2.18. The van der Waals surface area contributed by atoms with Crippen molar-refractivity contribution < 1.29 is 4.39 Å². The van der Waals surface area contributed by atoms with Crippen molar-refractivity contribution in [3.05, 3.63) is 35.6 Å². The molecule has 0 aromatic heterocycles. The fourth-order valence-electron chi connectivity index (χ4n) is 3.19. The number of nitrogens with two attached hydrogens (primary N) is 1. The molecule has 0 aliphatic heterocycles. The minimum absolute atomic E-state index is 0.138. The zero-order valence-corrected chi connectivity index (χ0v) is 10.5. The topological polar surface area (TPSA) is 26.0 Å². The zero-order valence-electron chi connectivity index (χ0n) is 10.5. The standard InChI is InChI=1S/C15H22FN/c1-2-11-7-3-4-8-12(11)15(17)13-9-5-6-10-14(13)16/h5-6,9-12,15H,2-4,7-8,17H2,1H3. The van der Waals surface area contributed by atoms with Crippen LogP contribution in [0.5, 0.6) is 0 Å². The summed E-state index contributed by atoms with van der Waals surface area (Å²) in [5.41, 5.74) is 6.99. The number of halogens is 1. The predicted molar refractivity (Wildman–Crippen MR) is 69.1 cm³/mol. The van der Waals surface area contributed by atoms with Crippen molar-refractivity contribution in [2.45, 2.75) is 45.1 Å². The Morgan fingerprint density at radius 3 is 2.71 bits per heavy atom. The van der Waals surface area contributed by atoms with Gasteiger partial charge in [0.15, 0.2) is 0 Å². The van der Waals surface area contributed by atoms with Crippen molar-refractivity contribution in [2.75, 3.05) is 0 Å². The van der Waals surface area contributed by atoms with E-state index in [-0.39, 0.29) is 11.9 Å². The van der Waals surface area contributed by atoms with Crippen molar-refractivity contribution in [3.63, 3.8) is 0 Å². The van der Waals surface area contributed by atoms with E-state index < -0.39 is 0 Å². The summed E-state index contributed by atoms with van der Waals surface area (Å²) in [4.78, 5) is 0. The zero-order chi connectivity index (χ0) is 12.3. The predicted octanol–water partition coefficient (Wildman–Crippen LogP) is 4.04. The lowest BCUT2D eigenvalue weighted by atomic mass is 9.72. The summed E-state index contributed by atoms with van der Waals surface area (Å²) in [6, 6.07) is 6.81. The largest absolute Gasteiger partial charge is 0.324 e. The molecule has 2 heteroatoms. The molecule has 17 heavy (non-hydrogen) atoms. The molecule has 1 aromatic carbocycles. The molecule has 0 bridgehead atoms. The van der Waals surface area contributed by atoms with Crippen LogP contribution in [-0.4, -0.2) is 0 Å². The summed E-state index contributed by atoms with van der Waals surface area (Å²) in [6.45, 7) is 2.22. The van der Waals surface area contributed by atoms with Crippen LogP contribution in [0.4, 0.5) is 4.39 Å². The third-order valence-electron chi connectivity index (χ3n) is 4.22. The molecule has 0 spiro atoms. The van der Waals surface area contributed by atoms with E-state index in [9.17, 15) is 4.39 Å². The number of hydrogen-bond donors (Lipinski definition) is 1. The van der Waals surface area contributed by atoms with Crippen LogP contribution in [0.3, 0.4) is 0 Å². The number of hydrogen-bond acceptors (Lipinski definition) is 1. The van der Waals surface area contributed by atoms with Crippen LogP contribution >= 0.6 is 0 Å². The fraction of sp³-hybridized carbons (Fsp3) is 0.600. The summed E-state index contributed by atoms with van der Waals surface area (Å²) in [6.07, 6.45) is 6.10. The van der Waals surface area contributed by atoms with Gasteiger partial charge in [0.1, 0.15) is 5.82 Å². The van der Waals surface area contributed by atoms with Gasteiger partial charge in [0, 0.05) is 11.6 Å². The van der Waals surface area contributed by atoms with Gasteiger partial charge in [-0.1, -0.05) is 50.8 Å². The highest BCUT2D eigenvalue weighted by Gasteiger charge is 2.30. The number of rotatable bonds is 3. The maximum Gasteiger partial charge on any atom is 0.127 e. The minimum Gasteiger partial charge on any atom is -0.324 e. The molecule has 1 nitrogen and oxygen atoms in total. The van der Waals surface area contributed by atoms with Crippen molar-refractivity contribution in [2.24, 2.45) is 17.6 Å². The third kappa shape index (κ3) is 2.68. The van der Waals surface area contributed by atoms with Gasteiger partial charge in [0.25, 0.3) is 0 Å². The molecule has 0 heterocycles. The highest BCUT2D eigenvalue weighted by Crippen LogP contribution is 2.39. The maximum atomic E-state index is 13.7. The molecule has 1 aliphatic rings. The van der Waals surface area contributed by atoms with Crippen LogP contribution in [-0.2, 0) is 0 Å². The summed E-state index contributed by atoms with van der Waals surface area (Å²) >= 11 is 0. The van der Waals surface area contributed by atoms with Crippen LogP contribution < -0.4 is 5.73 Å². The Labute approximate surface area is 103 Å². The van der Waals surface area contributed by atoms with Crippen LogP contribution in [0, 0.1) is 17.7 Å². The maximum absolute atomic E-state index is 13.7. The molecule has 0 saturated heterocycles. The third-order valence-corrected chi connectivity index (χ3v) is 4.22. The first-order valence-corrected chi connectivity index (χ1v) is 6.74. The van der Waals surface area contributed by atoms with Gasteiger partial charge < -0.3 is 5.73 Å². The van der Waals surface area contributed by atoms with E-state index in [1.165, 1.54) is 25.3 Å². The Kier molecular flexibility index (Phi) is 4.16. The first-order valence-electron chi connectivity index (χ1n) is 6.74. The van der Waals surface area contributed by atoms with Crippen LogP contribution in [0.25, 0.3) is 0 Å². The van der Waals surface area contributed by atoms with Crippen molar-refractivity contribution >= 4 is 0 Å². The SMILES string of the molecule is CCC1CCCCC1C(N)c1ccccc1F. The van der Waals surface area contributed by atoms with Crippen LogP contribution in [0.15, 0.2) is 24.3 Å². The molecule has 3 atom stereocenters. The van der Waals surface area contributed by atoms with Gasteiger partial charge in [-0.25, -0.2) is 4.39 Å². The molecule has 0 radical (unpaired) electrons. The van der Waals surface area contributed by atoms with Gasteiger partial charge in [0.05, 0.1) is 0 Å². The Morgan fingerprint density at radius 1 is 1.29 bits per heavy atom. The molecule has 1 aliphatic carbocycles. The van der Waals surface area contributed by atoms with Crippen molar-refractivity contribution in [1.82, 2.24) is 0 Å². The van der Waals surface area contributed by atoms with E-state index >= 15 is 0 Å². The summed E-state index contributed by atoms with van der Waals surface area (Å²) < 4.78 is 13.7. The van der Waals surface area contributed by atoms with E-state index in [2.05, 4.69) is 6.92 Å². The Morgan fingerprint density at radius 2 is 2.00 bits per heavy atom. The molecule has 0 amide bonds. The lowest BCUT2D eigenvalue weighted by Crippen LogP contribution is -2.31. The fourth-order valence-corrected chi connectivity index (χ4v) is 3.19. The Bertz CT molecular complexity index is 364. The highest BCUT2D eigenvalue weighted by molar-refractivity contribution is 5.21. The number of benzene rings is 1. The minimum atomic E-state index is -0.152. The summed E-state index contributed by atoms with van der Waals surface area (Å²) in [5, 5.41) is 0. The van der Waals surface area contributed by atoms with E-state index in [4.69, 9.17) is 5.73 Å². The van der Waals surface area contributed by atoms with Crippen molar-refractivity contribution in [3.8, 4) is 0 Å². The Hall–Kier alpha value is -0.890. The van der Waals surface area contributed by atoms with E-state index in [0.29, 0.717) is 17.4 Å². The van der Waals surface area contributed by atoms with Gasteiger partial charge in [-0.05, 0) is 24.3 Å². The molecule has 1 saturated carbocycles. The van der Waals surface area contributed by atoms with Crippen molar-refractivity contribution in [1.29, 1.82) is 0 Å². The first-order chi connectivity index (χ1) is 8.24. The molecular weight excluding hydrogens is 213 g/mol. The average Bonchev–Trinajstić information content (AvgIpc) is 2.38.